The van der Waals surface area contributed by atoms with Crippen LogP contribution < -0.4 is 10.6 Å². The number of nitrogens with zero attached hydrogens (tertiary/aromatic N) is 2. The van der Waals surface area contributed by atoms with Gasteiger partial charge in [-0.05, 0) is 44.9 Å². The Morgan fingerprint density at radius 3 is 2.47 bits per heavy atom. The monoisotopic (exact) mass is 257 g/mol. The molecule has 102 valence electrons. The average Bonchev–Trinajstić information content (AvgIpc) is 2.24. The van der Waals surface area contributed by atoms with Crippen molar-refractivity contribution in [3.8, 4) is 0 Å². The van der Waals surface area contributed by atoms with E-state index in [9.17, 15) is 0 Å². The zero-order valence-corrected chi connectivity index (χ0v) is 12.5. The van der Waals surface area contributed by atoms with Crippen molar-refractivity contribution in [1.82, 2.24) is 4.98 Å². The topological polar surface area (TPSA) is 42.1 Å². The molecule has 2 aromatic rings. The fourth-order valence-electron chi connectivity index (χ4n) is 2.39. The first-order valence-corrected chi connectivity index (χ1v) is 6.63. The number of hydrogen-bond acceptors (Lipinski definition) is 3. The van der Waals surface area contributed by atoms with E-state index in [1.54, 1.807) is 0 Å². The van der Waals surface area contributed by atoms with E-state index in [0.717, 1.165) is 17.6 Å². The molecule has 0 fully saturated rings. The van der Waals surface area contributed by atoms with E-state index in [4.69, 9.17) is 5.73 Å². The molecule has 1 aromatic carbocycles. The van der Waals surface area contributed by atoms with Crippen LogP contribution in [0.15, 0.2) is 24.3 Å². The fourth-order valence-corrected chi connectivity index (χ4v) is 2.39. The molecule has 0 aliphatic rings. The van der Waals surface area contributed by atoms with Crippen LogP contribution >= 0.6 is 0 Å². The van der Waals surface area contributed by atoms with Crippen LogP contribution in [0.25, 0.3) is 10.9 Å². The highest BCUT2D eigenvalue weighted by Crippen LogP contribution is 2.26. The summed E-state index contributed by atoms with van der Waals surface area (Å²) >= 11 is 0. The van der Waals surface area contributed by atoms with Gasteiger partial charge >= 0.3 is 0 Å². The van der Waals surface area contributed by atoms with E-state index in [2.05, 4.69) is 48.2 Å². The lowest BCUT2D eigenvalue weighted by molar-refractivity contribution is 0.517. The van der Waals surface area contributed by atoms with Crippen LogP contribution in [-0.4, -0.2) is 24.6 Å². The maximum atomic E-state index is 6.09. The predicted molar refractivity (Wildman–Crippen MR) is 82.8 cm³/mol. The number of rotatable bonds is 3. The van der Waals surface area contributed by atoms with Crippen LogP contribution in [0.2, 0.25) is 0 Å². The van der Waals surface area contributed by atoms with Crippen LogP contribution in [0, 0.1) is 6.92 Å². The third-order valence-electron chi connectivity index (χ3n) is 3.12. The molecule has 0 atom stereocenters. The molecule has 2 rings (SSSR count). The minimum atomic E-state index is -0.193. The number of benzene rings is 1. The predicted octanol–water partition coefficient (Wildman–Crippen LogP) is 2.89. The highest BCUT2D eigenvalue weighted by Gasteiger charge is 2.13. The molecule has 2 N–H and O–H groups in total. The first-order valence-electron chi connectivity index (χ1n) is 6.63. The van der Waals surface area contributed by atoms with E-state index in [-0.39, 0.29) is 5.54 Å². The van der Waals surface area contributed by atoms with Crippen molar-refractivity contribution in [3.63, 3.8) is 0 Å². The van der Waals surface area contributed by atoms with Gasteiger partial charge in [0.2, 0.25) is 0 Å². The van der Waals surface area contributed by atoms with E-state index < -0.39 is 0 Å². The fraction of sp³-hybridized carbons (Fsp3) is 0.438. The van der Waals surface area contributed by atoms with Crippen LogP contribution in [0.1, 0.15) is 25.1 Å². The van der Waals surface area contributed by atoms with Crippen molar-refractivity contribution in [2.75, 3.05) is 19.0 Å². The number of hydrogen-bond donors (Lipinski definition) is 1. The van der Waals surface area contributed by atoms with Crippen LogP contribution in [0.4, 0.5) is 5.69 Å². The molecule has 0 radical (unpaired) electrons. The summed E-state index contributed by atoms with van der Waals surface area (Å²) < 4.78 is 0. The summed E-state index contributed by atoms with van der Waals surface area (Å²) in [5.41, 5.74) is 10.4. The molecule has 1 heterocycles. The number of anilines is 1. The summed E-state index contributed by atoms with van der Waals surface area (Å²) in [5.74, 6) is 0. The van der Waals surface area contributed by atoms with Crippen molar-refractivity contribution in [3.05, 3.63) is 35.5 Å². The third-order valence-corrected chi connectivity index (χ3v) is 3.12. The van der Waals surface area contributed by atoms with Gasteiger partial charge in [0, 0.05) is 36.4 Å². The van der Waals surface area contributed by atoms with Crippen molar-refractivity contribution < 1.29 is 0 Å². The van der Waals surface area contributed by atoms with Gasteiger partial charge in [-0.1, -0.05) is 12.1 Å². The van der Waals surface area contributed by atoms with Crippen LogP contribution in [0.5, 0.6) is 0 Å². The molecule has 0 saturated heterocycles. The van der Waals surface area contributed by atoms with Crippen molar-refractivity contribution in [1.29, 1.82) is 0 Å². The van der Waals surface area contributed by atoms with Crippen molar-refractivity contribution >= 4 is 16.6 Å². The number of aromatic nitrogens is 1. The molecule has 3 nitrogen and oxygen atoms in total. The second kappa shape index (κ2) is 4.82. The van der Waals surface area contributed by atoms with Gasteiger partial charge in [-0.3, -0.25) is 4.98 Å². The summed E-state index contributed by atoms with van der Waals surface area (Å²) in [6.07, 6.45) is 0.857. The Hall–Kier alpha value is -1.61. The molecule has 0 bridgehead atoms. The van der Waals surface area contributed by atoms with Crippen LogP contribution in [0.3, 0.4) is 0 Å². The van der Waals surface area contributed by atoms with Gasteiger partial charge in [0.25, 0.3) is 0 Å². The van der Waals surface area contributed by atoms with Crippen molar-refractivity contribution in [2.45, 2.75) is 32.7 Å². The Morgan fingerprint density at radius 2 is 1.89 bits per heavy atom. The van der Waals surface area contributed by atoms with Gasteiger partial charge in [-0.15, -0.1) is 0 Å². The largest absolute Gasteiger partial charge is 0.377 e. The van der Waals surface area contributed by atoms with E-state index in [1.165, 1.54) is 16.6 Å². The molecule has 0 unspecified atom stereocenters. The molecule has 0 spiro atoms. The number of nitrogens with two attached hydrogens (primary N) is 1. The van der Waals surface area contributed by atoms with E-state index in [0.29, 0.717) is 0 Å². The maximum absolute atomic E-state index is 6.09. The normalized spacial score (nSPS) is 11.9. The zero-order chi connectivity index (χ0) is 14.2. The van der Waals surface area contributed by atoms with E-state index >= 15 is 0 Å². The number of aryl methyl sites for hydroxylation is 1. The summed E-state index contributed by atoms with van der Waals surface area (Å²) in [6, 6.07) is 8.58. The van der Waals surface area contributed by atoms with Gasteiger partial charge in [0.15, 0.2) is 0 Å². The van der Waals surface area contributed by atoms with Gasteiger partial charge in [0.05, 0.1) is 5.52 Å². The number of pyridine rings is 1. The summed E-state index contributed by atoms with van der Waals surface area (Å²) in [6.45, 7) is 6.13. The molecule has 19 heavy (non-hydrogen) atoms. The Morgan fingerprint density at radius 1 is 1.21 bits per heavy atom. The Balaban J connectivity index is 2.55. The highest BCUT2D eigenvalue weighted by atomic mass is 15.1. The molecule has 1 aromatic heterocycles. The first-order chi connectivity index (χ1) is 8.76. The summed E-state index contributed by atoms with van der Waals surface area (Å²) in [7, 11) is 4.12. The van der Waals surface area contributed by atoms with Gasteiger partial charge in [-0.2, -0.15) is 0 Å². The standard InChI is InChI=1S/C16H23N3/c1-11-8-15(19(4)5)13-7-6-12(9-14(13)18-11)10-16(2,3)17/h6-9H,10,17H2,1-5H3. The molecular formula is C16H23N3. The van der Waals surface area contributed by atoms with E-state index in [1.807, 2.05) is 20.8 Å². The zero-order valence-electron chi connectivity index (χ0n) is 12.5. The molecular weight excluding hydrogens is 234 g/mol. The summed E-state index contributed by atoms with van der Waals surface area (Å²) in [5, 5.41) is 1.19. The third kappa shape index (κ3) is 3.24. The molecule has 3 heteroatoms. The summed E-state index contributed by atoms with van der Waals surface area (Å²) in [4.78, 5) is 6.77. The Bertz CT molecular complexity index is 595. The lowest BCUT2D eigenvalue weighted by Gasteiger charge is -2.20. The molecule has 0 aliphatic carbocycles. The van der Waals surface area contributed by atoms with Crippen molar-refractivity contribution in [2.24, 2.45) is 5.73 Å². The van der Waals surface area contributed by atoms with Gasteiger partial charge in [-0.25, -0.2) is 0 Å². The Labute approximate surface area is 115 Å². The molecule has 0 amide bonds. The second-order valence-electron chi connectivity index (χ2n) is 6.19. The smallest absolute Gasteiger partial charge is 0.0728 e. The van der Waals surface area contributed by atoms with Gasteiger partial charge < -0.3 is 10.6 Å². The lowest BCUT2D eigenvalue weighted by Crippen LogP contribution is -2.34. The molecule has 0 aliphatic heterocycles. The first kappa shape index (κ1) is 13.8. The molecule has 0 saturated carbocycles. The van der Waals surface area contributed by atoms with Gasteiger partial charge in [0.1, 0.15) is 0 Å². The van der Waals surface area contributed by atoms with Crippen LogP contribution in [-0.2, 0) is 6.42 Å². The average molecular weight is 257 g/mol. The quantitative estimate of drug-likeness (QED) is 0.919. The minimum Gasteiger partial charge on any atom is -0.377 e. The second-order valence-corrected chi connectivity index (χ2v) is 6.19. The maximum Gasteiger partial charge on any atom is 0.0728 e. The minimum absolute atomic E-state index is 0.193. The lowest BCUT2D eigenvalue weighted by atomic mass is 9.95. The SMILES string of the molecule is Cc1cc(N(C)C)c2ccc(CC(C)(C)N)cc2n1. The number of fused-ring (bicyclic) bond motifs is 1. The highest BCUT2D eigenvalue weighted by molar-refractivity contribution is 5.92. The Kier molecular flexibility index (Phi) is 3.50.